The molecule has 0 spiro atoms. The minimum absolute atomic E-state index is 0.0245. The third kappa shape index (κ3) is 4.33. The molecule has 0 aliphatic rings. The zero-order valence-electron chi connectivity index (χ0n) is 16.5. The molecule has 4 rings (SSSR count). The van der Waals surface area contributed by atoms with Crippen molar-refractivity contribution in [3.05, 3.63) is 131 Å². The van der Waals surface area contributed by atoms with E-state index in [2.05, 4.69) is 36.4 Å². The number of rotatable bonds is 6. The molecule has 4 aromatic rings. The fourth-order valence-electron chi connectivity index (χ4n) is 3.61. The number of non-ortho nitro benzene ring substituents is 1. The molecule has 0 unspecified atom stereocenters. The van der Waals surface area contributed by atoms with Gasteiger partial charge in [0.1, 0.15) is 0 Å². The molecule has 6 heteroatoms. The first-order valence-corrected chi connectivity index (χ1v) is 16.3. The molecule has 0 heterocycles. The van der Waals surface area contributed by atoms with Gasteiger partial charge in [0.2, 0.25) is 0 Å². The molecular formula is C25H19GeNO3S. The summed E-state index contributed by atoms with van der Waals surface area (Å²) in [5, 5.41) is 10.9. The predicted octanol–water partition coefficient (Wildman–Crippen LogP) is 4.14. The van der Waals surface area contributed by atoms with Gasteiger partial charge in [-0.05, 0) is 0 Å². The summed E-state index contributed by atoms with van der Waals surface area (Å²) >= 11 is -3.47. The zero-order chi connectivity index (χ0) is 21.7. The maximum atomic E-state index is 13.5. The van der Waals surface area contributed by atoms with Crippen molar-refractivity contribution in [3.8, 4) is 0 Å². The van der Waals surface area contributed by atoms with Crippen LogP contribution in [0.4, 0.5) is 5.69 Å². The van der Waals surface area contributed by atoms with Crippen molar-refractivity contribution in [2.24, 2.45) is 0 Å². The Bertz CT molecular complexity index is 1090. The maximum absolute atomic E-state index is 13.5. The van der Waals surface area contributed by atoms with E-state index in [1.54, 1.807) is 12.1 Å². The minimum atomic E-state index is -3.47. The van der Waals surface area contributed by atoms with Crippen molar-refractivity contribution in [1.29, 1.82) is 0 Å². The van der Waals surface area contributed by atoms with Crippen LogP contribution in [0.3, 0.4) is 0 Å². The summed E-state index contributed by atoms with van der Waals surface area (Å²) in [6.07, 6.45) is 0. The molecule has 4 aromatic carbocycles. The van der Waals surface area contributed by atoms with Gasteiger partial charge in [0, 0.05) is 0 Å². The summed E-state index contributed by atoms with van der Waals surface area (Å²) in [6, 6.07) is 36.5. The zero-order valence-corrected chi connectivity index (χ0v) is 19.5. The first-order chi connectivity index (χ1) is 15.1. The number of nitro groups is 1. The third-order valence-corrected chi connectivity index (χ3v) is 19.8. The molecule has 0 atom stereocenters. The van der Waals surface area contributed by atoms with Crippen LogP contribution in [0.2, 0.25) is 0 Å². The van der Waals surface area contributed by atoms with Crippen molar-refractivity contribution in [3.63, 3.8) is 0 Å². The van der Waals surface area contributed by atoms with E-state index in [0.717, 1.165) is 0 Å². The molecule has 31 heavy (non-hydrogen) atoms. The average molecular weight is 486 g/mol. The first kappa shape index (κ1) is 21.1. The molecule has 0 amide bonds. The van der Waals surface area contributed by atoms with E-state index < -0.39 is 17.0 Å². The Morgan fingerprint density at radius 2 is 1.03 bits per heavy atom. The Kier molecular flexibility index (Phi) is 6.34. The summed E-state index contributed by atoms with van der Waals surface area (Å²) in [4.78, 5) is 24.0. The molecular weight excluding hydrogens is 467 g/mol. The Balaban J connectivity index is 1.88. The second-order valence-electron chi connectivity index (χ2n) is 6.97. The molecule has 0 saturated carbocycles. The number of carbonyl (C=O) groups excluding carboxylic acids is 1. The normalized spacial score (nSPS) is 11.1. The van der Waals surface area contributed by atoms with Gasteiger partial charge in [-0.2, -0.15) is 0 Å². The van der Waals surface area contributed by atoms with E-state index in [4.69, 9.17) is 0 Å². The van der Waals surface area contributed by atoms with E-state index in [1.165, 1.54) is 35.4 Å². The predicted molar refractivity (Wildman–Crippen MR) is 129 cm³/mol. The number of hydrogen-bond donors (Lipinski definition) is 0. The van der Waals surface area contributed by atoms with Gasteiger partial charge >= 0.3 is 187 Å². The fourth-order valence-corrected chi connectivity index (χ4v) is 17.6. The standard InChI is InChI=1S/C25H19GeNO3S/c28-25(20-16-18-24(19-17-20)27(29)30)31-26(21-10-4-1-5-11-21,22-12-6-2-7-13-22)23-14-8-3-9-15-23/h1-19H. The Hall–Kier alpha value is -3.16. The summed E-state index contributed by atoms with van der Waals surface area (Å²) < 4.78 is 3.50. The van der Waals surface area contributed by atoms with Crippen molar-refractivity contribution in [1.82, 2.24) is 0 Å². The van der Waals surface area contributed by atoms with E-state index in [1.807, 2.05) is 54.6 Å². The number of hydrogen-bond acceptors (Lipinski definition) is 4. The van der Waals surface area contributed by atoms with E-state index in [0.29, 0.717) is 5.56 Å². The third-order valence-electron chi connectivity index (χ3n) is 5.10. The summed E-state index contributed by atoms with van der Waals surface area (Å²) in [5.74, 6) is 0. The van der Waals surface area contributed by atoms with Crippen LogP contribution in [0, 0.1) is 10.1 Å². The molecule has 0 N–H and O–H groups in total. The monoisotopic (exact) mass is 487 g/mol. The van der Waals surface area contributed by atoms with Crippen LogP contribution in [0.15, 0.2) is 115 Å². The van der Waals surface area contributed by atoms with Gasteiger partial charge < -0.3 is 0 Å². The van der Waals surface area contributed by atoms with Gasteiger partial charge in [0.15, 0.2) is 0 Å². The fraction of sp³-hybridized carbons (Fsp3) is 0. The van der Waals surface area contributed by atoms with Crippen LogP contribution < -0.4 is 13.2 Å². The van der Waals surface area contributed by atoms with Gasteiger partial charge in [0.05, 0.1) is 0 Å². The second-order valence-corrected chi connectivity index (χ2v) is 18.5. The summed E-state index contributed by atoms with van der Waals surface area (Å²) in [6.45, 7) is 0. The second kappa shape index (κ2) is 9.33. The molecule has 0 saturated heterocycles. The topological polar surface area (TPSA) is 60.2 Å². The van der Waals surface area contributed by atoms with Crippen molar-refractivity contribution >= 4 is 46.2 Å². The van der Waals surface area contributed by atoms with E-state index in [-0.39, 0.29) is 10.8 Å². The molecule has 0 aliphatic carbocycles. The van der Waals surface area contributed by atoms with Crippen LogP contribution in [0.25, 0.3) is 0 Å². The van der Waals surface area contributed by atoms with Crippen molar-refractivity contribution in [2.45, 2.75) is 0 Å². The quantitative estimate of drug-likeness (QED) is 0.234. The van der Waals surface area contributed by atoms with Crippen molar-refractivity contribution in [2.75, 3.05) is 0 Å². The number of carbonyl (C=O) groups is 1. The molecule has 0 fully saturated rings. The summed E-state index contributed by atoms with van der Waals surface area (Å²) in [5.41, 5.74) is 0.442. The van der Waals surface area contributed by atoms with E-state index >= 15 is 0 Å². The molecule has 152 valence electrons. The van der Waals surface area contributed by atoms with Crippen molar-refractivity contribution < 1.29 is 9.72 Å². The molecule has 0 aromatic heterocycles. The Morgan fingerprint density at radius 3 is 1.39 bits per heavy atom. The van der Waals surface area contributed by atoms with Gasteiger partial charge in [-0.15, -0.1) is 0 Å². The molecule has 0 aliphatic heterocycles. The summed E-state index contributed by atoms with van der Waals surface area (Å²) in [7, 11) is 1.40. The molecule has 0 radical (unpaired) electrons. The van der Waals surface area contributed by atoms with Crippen LogP contribution >= 0.6 is 10.1 Å². The number of nitro benzene ring substituents is 1. The Labute approximate surface area is 186 Å². The molecule has 4 nitrogen and oxygen atoms in total. The average Bonchev–Trinajstić information content (AvgIpc) is 2.84. The van der Waals surface area contributed by atoms with Gasteiger partial charge in [-0.3, -0.25) is 0 Å². The first-order valence-electron chi connectivity index (χ1n) is 9.75. The SMILES string of the molecule is O=C([S][Ge]([c]1ccccc1)([c]1ccccc1)[c]1ccccc1)c1ccc([N+](=O)[O-])cc1. The van der Waals surface area contributed by atoms with Crippen LogP contribution in [-0.4, -0.2) is 22.2 Å². The van der Waals surface area contributed by atoms with Gasteiger partial charge in [-0.1, -0.05) is 0 Å². The van der Waals surface area contributed by atoms with Gasteiger partial charge in [-0.25, -0.2) is 0 Å². The van der Waals surface area contributed by atoms with Crippen LogP contribution in [-0.2, 0) is 0 Å². The Morgan fingerprint density at radius 1 is 0.645 bits per heavy atom. The van der Waals surface area contributed by atoms with Crippen LogP contribution in [0.5, 0.6) is 0 Å². The number of nitrogens with zero attached hydrogens (tertiary/aromatic N) is 1. The van der Waals surface area contributed by atoms with Gasteiger partial charge in [0.25, 0.3) is 0 Å². The number of benzene rings is 4. The van der Waals surface area contributed by atoms with Crippen LogP contribution in [0.1, 0.15) is 10.4 Å². The molecule has 0 bridgehead atoms. The van der Waals surface area contributed by atoms with E-state index in [9.17, 15) is 14.9 Å².